The average molecular weight is 338 g/mol. The predicted octanol–water partition coefficient (Wildman–Crippen LogP) is 4.65. The Balaban J connectivity index is 1.58. The van der Waals surface area contributed by atoms with Gasteiger partial charge in [-0.05, 0) is 37.1 Å². The van der Waals surface area contributed by atoms with Crippen LogP contribution in [0.15, 0.2) is 59.5 Å². The summed E-state index contributed by atoms with van der Waals surface area (Å²) in [4.78, 5) is 16.3. The first kappa shape index (κ1) is 15.6. The van der Waals surface area contributed by atoms with E-state index in [9.17, 15) is 4.79 Å². The molecule has 0 aromatic heterocycles. The molecule has 1 atom stereocenters. The van der Waals surface area contributed by atoms with Crippen LogP contribution < -0.4 is 10.2 Å². The molecule has 3 nitrogen and oxygen atoms in total. The largest absolute Gasteiger partial charge is 0.338 e. The van der Waals surface area contributed by atoms with Gasteiger partial charge in [0.2, 0.25) is 0 Å². The Bertz CT molecular complexity index is 713. The lowest BCUT2D eigenvalue weighted by atomic mass is 9.94. The molecule has 0 radical (unpaired) electrons. The lowest BCUT2D eigenvalue weighted by molar-refractivity contribution is 0.0948. The summed E-state index contributed by atoms with van der Waals surface area (Å²) in [5, 5.41) is 3.24. The van der Waals surface area contributed by atoms with Crippen molar-refractivity contribution in [3.8, 4) is 0 Å². The van der Waals surface area contributed by atoms with Gasteiger partial charge in [-0.2, -0.15) is 0 Å². The number of para-hydroxylation sites is 1. The summed E-state index contributed by atoms with van der Waals surface area (Å²) in [6.45, 7) is 0. The Labute approximate surface area is 147 Å². The van der Waals surface area contributed by atoms with Crippen molar-refractivity contribution in [2.24, 2.45) is 0 Å². The number of benzene rings is 2. The van der Waals surface area contributed by atoms with Gasteiger partial charge in [-0.15, -0.1) is 0 Å². The Kier molecular flexibility index (Phi) is 4.48. The molecule has 4 rings (SSSR count). The molecule has 0 saturated heterocycles. The van der Waals surface area contributed by atoms with Gasteiger partial charge in [-0.3, -0.25) is 4.79 Å². The maximum absolute atomic E-state index is 12.6. The molecule has 1 saturated carbocycles. The highest BCUT2D eigenvalue weighted by atomic mass is 32.2. The molecule has 1 aliphatic carbocycles. The van der Waals surface area contributed by atoms with Crippen LogP contribution in [0.4, 0.5) is 5.69 Å². The van der Waals surface area contributed by atoms with Crippen LogP contribution in [0.1, 0.15) is 42.5 Å². The van der Waals surface area contributed by atoms with Crippen molar-refractivity contribution >= 4 is 23.4 Å². The summed E-state index contributed by atoms with van der Waals surface area (Å²) < 4.78 is 0. The number of hydrogen-bond acceptors (Lipinski definition) is 3. The average Bonchev–Trinajstić information content (AvgIpc) is 3.01. The first-order valence-electron chi connectivity index (χ1n) is 8.73. The molecule has 24 heavy (non-hydrogen) atoms. The molecule has 1 fully saturated rings. The minimum atomic E-state index is -0.0155. The standard InChI is InChI=1S/C20H22N2OS/c23-19(15-9-3-1-4-10-15)21-20-22(16-11-5-2-6-12-16)17-13-7-8-14-18(17)24-20/h1,3-4,7-10,13-14,16,20H,2,5-6,11-12H2,(H,21,23). The van der Waals surface area contributed by atoms with E-state index in [-0.39, 0.29) is 11.4 Å². The number of rotatable bonds is 3. The van der Waals surface area contributed by atoms with Crippen molar-refractivity contribution < 1.29 is 4.79 Å². The topological polar surface area (TPSA) is 32.3 Å². The van der Waals surface area contributed by atoms with E-state index in [4.69, 9.17) is 0 Å². The van der Waals surface area contributed by atoms with Gasteiger partial charge in [0.15, 0.2) is 5.50 Å². The maximum Gasteiger partial charge on any atom is 0.253 e. The third-order valence-corrected chi connectivity index (χ3v) is 6.06. The van der Waals surface area contributed by atoms with Crippen molar-refractivity contribution in [1.29, 1.82) is 0 Å². The number of nitrogens with zero attached hydrogens (tertiary/aromatic N) is 1. The Morgan fingerprint density at radius 2 is 1.67 bits per heavy atom. The van der Waals surface area contributed by atoms with Gasteiger partial charge in [0.1, 0.15) is 0 Å². The number of amides is 1. The second-order valence-electron chi connectivity index (χ2n) is 6.48. The van der Waals surface area contributed by atoms with E-state index in [0.717, 1.165) is 5.56 Å². The lowest BCUT2D eigenvalue weighted by Gasteiger charge is -2.37. The number of nitrogens with one attached hydrogen (secondary N) is 1. The zero-order chi connectivity index (χ0) is 16.4. The van der Waals surface area contributed by atoms with E-state index < -0.39 is 0 Å². The monoisotopic (exact) mass is 338 g/mol. The molecular formula is C20H22N2OS. The second-order valence-corrected chi connectivity index (χ2v) is 7.60. The summed E-state index contributed by atoms with van der Waals surface area (Å²) in [6, 6.07) is 18.5. The third-order valence-electron chi connectivity index (χ3n) is 4.89. The van der Waals surface area contributed by atoms with Crippen LogP contribution >= 0.6 is 11.8 Å². The van der Waals surface area contributed by atoms with E-state index in [1.165, 1.54) is 42.7 Å². The zero-order valence-corrected chi connectivity index (χ0v) is 14.5. The van der Waals surface area contributed by atoms with Crippen LogP contribution in [0.3, 0.4) is 0 Å². The second kappa shape index (κ2) is 6.89. The fourth-order valence-electron chi connectivity index (χ4n) is 3.70. The van der Waals surface area contributed by atoms with Gasteiger partial charge >= 0.3 is 0 Å². The number of fused-ring (bicyclic) bond motifs is 1. The number of hydrogen-bond donors (Lipinski definition) is 1. The first-order chi connectivity index (χ1) is 11.8. The molecule has 1 unspecified atom stereocenters. The van der Waals surface area contributed by atoms with Crippen LogP contribution in [0.5, 0.6) is 0 Å². The van der Waals surface area contributed by atoms with E-state index >= 15 is 0 Å². The van der Waals surface area contributed by atoms with Crippen molar-refractivity contribution in [2.75, 3.05) is 4.90 Å². The number of thioether (sulfide) groups is 1. The minimum absolute atomic E-state index is 0.00159. The molecule has 1 heterocycles. The SMILES string of the molecule is O=C(NC1Sc2ccccc2N1C1CCCCC1)c1ccccc1. The van der Waals surface area contributed by atoms with E-state index in [0.29, 0.717) is 6.04 Å². The molecule has 4 heteroatoms. The molecule has 1 N–H and O–H groups in total. The van der Waals surface area contributed by atoms with E-state index in [1.807, 2.05) is 30.3 Å². The van der Waals surface area contributed by atoms with Crippen molar-refractivity contribution in [3.63, 3.8) is 0 Å². The first-order valence-corrected chi connectivity index (χ1v) is 9.61. The number of anilines is 1. The molecule has 2 aliphatic rings. The summed E-state index contributed by atoms with van der Waals surface area (Å²) in [6.07, 6.45) is 6.33. The maximum atomic E-state index is 12.6. The Hall–Kier alpha value is -1.94. The highest BCUT2D eigenvalue weighted by Crippen LogP contribution is 2.45. The van der Waals surface area contributed by atoms with E-state index in [2.05, 4.69) is 34.5 Å². The van der Waals surface area contributed by atoms with Crippen molar-refractivity contribution in [2.45, 2.75) is 48.5 Å². The van der Waals surface area contributed by atoms with Gasteiger partial charge in [0.25, 0.3) is 5.91 Å². The predicted molar refractivity (Wildman–Crippen MR) is 99.3 cm³/mol. The minimum Gasteiger partial charge on any atom is -0.338 e. The summed E-state index contributed by atoms with van der Waals surface area (Å²) in [5.41, 5.74) is 1.98. The van der Waals surface area contributed by atoms with Crippen LogP contribution in [0, 0.1) is 0 Å². The third kappa shape index (κ3) is 3.03. The Morgan fingerprint density at radius 3 is 2.46 bits per heavy atom. The molecule has 1 aliphatic heterocycles. The molecule has 124 valence electrons. The smallest absolute Gasteiger partial charge is 0.253 e. The molecule has 2 aromatic carbocycles. The zero-order valence-electron chi connectivity index (χ0n) is 13.7. The molecule has 2 aromatic rings. The quantitative estimate of drug-likeness (QED) is 0.884. The van der Waals surface area contributed by atoms with Crippen LogP contribution in [0.2, 0.25) is 0 Å². The van der Waals surface area contributed by atoms with Gasteiger partial charge in [-0.1, -0.05) is 61.4 Å². The van der Waals surface area contributed by atoms with Gasteiger partial charge in [0, 0.05) is 16.5 Å². The highest BCUT2D eigenvalue weighted by Gasteiger charge is 2.36. The van der Waals surface area contributed by atoms with Crippen LogP contribution in [-0.4, -0.2) is 17.4 Å². The van der Waals surface area contributed by atoms with Crippen molar-refractivity contribution in [1.82, 2.24) is 5.32 Å². The highest BCUT2D eigenvalue weighted by molar-refractivity contribution is 8.00. The molecule has 1 amide bonds. The van der Waals surface area contributed by atoms with Crippen LogP contribution in [0.25, 0.3) is 0 Å². The molecule has 0 spiro atoms. The molecular weight excluding hydrogens is 316 g/mol. The fraction of sp³-hybridized carbons (Fsp3) is 0.350. The summed E-state index contributed by atoms with van der Waals surface area (Å²) >= 11 is 1.75. The Morgan fingerprint density at radius 1 is 0.958 bits per heavy atom. The summed E-state index contributed by atoms with van der Waals surface area (Å²) in [5.74, 6) is 0.00159. The summed E-state index contributed by atoms with van der Waals surface area (Å²) in [7, 11) is 0. The normalized spacial score (nSPS) is 20.7. The fourth-order valence-corrected chi connectivity index (χ4v) is 4.96. The van der Waals surface area contributed by atoms with Gasteiger partial charge < -0.3 is 10.2 Å². The lowest BCUT2D eigenvalue weighted by Crippen LogP contribution is -2.49. The number of carbonyl (C=O) groups is 1. The van der Waals surface area contributed by atoms with Gasteiger partial charge in [0.05, 0.1) is 5.69 Å². The van der Waals surface area contributed by atoms with E-state index in [1.54, 1.807) is 11.8 Å². The van der Waals surface area contributed by atoms with Crippen molar-refractivity contribution in [3.05, 3.63) is 60.2 Å². The van der Waals surface area contributed by atoms with Gasteiger partial charge in [-0.25, -0.2) is 0 Å². The number of carbonyl (C=O) groups excluding carboxylic acids is 1. The van der Waals surface area contributed by atoms with Crippen LogP contribution in [-0.2, 0) is 0 Å². The molecule has 0 bridgehead atoms.